The zero-order chi connectivity index (χ0) is 15.4. The number of methoxy groups -OCH3 is 3. The summed E-state index contributed by atoms with van der Waals surface area (Å²) in [5.41, 5.74) is 8.08. The topological polar surface area (TPSA) is 57.0 Å². The Morgan fingerprint density at radius 2 is 1.86 bits per heavy atom. The summed E-state index contributed by atoms with van der Waals surface area (Å²) < 4.78 is 16.5. The molecule has 0 aliphatic carbocycles. The van der Waals surface area contributed by atoms with Crippen LogP contribution in [0.25, 0.3) is 0 Å². The first-order valence-corrected chi connectivity index (χ1v) is 7.29. The quantitative estimate of drug-likeness (QED) is 0.867. The molecule has 0 amide bonds. The highest BCUT2D eigenvalue weighted by atomic mass is 16.5. The van der Waals surface area contributed by atoms with Gasteiger partial charge in [0, 0.05) is 30.8 Å². The van der Waals surface area contributed by atoms with E-state index >= 15 is 0 Å². The van der Waals surface area contributed by atoms with Crippen molar-refractivity contribution in [2.75, 3.05) is 41.5 Å². The molecule has 5 heteroatoms. The average molecular weight is 294 g/mol. The molecule has 1 saturated heterocycles. The third kappa shape index (κ3) is 3.15. The van der Waals surface area contributed by atoms with E-state index in [1.165, 1.54) is 0 Å². The highest BCUT2D eigenvalue weighted by Crippen LogP contribution is 2.43. The van der Waals surface area contributed by atoms with Crippen LogP contribution < -0.4 is 15.2 Å². The van der Waals surface area contributed by atoms with Crippen molar-refractivity contribution in [2.24, 2.45) is 11.7 Å². The maximum absolute atomic E-state index is 5.85. The number of ether oxygens (including phenoxy) is 3. The van der Waals surface area contributed by atoms with Gasteiger partial charge in [-0.2, -0.15) is 0 Å². The molecule has 2 rings (SSSR count). The van der Waals surface area contributed by atoms with E-state index in [4.69, 9.17) is 19.9 Å². The maximum Gasteiger partial charge on any atom is 0.124 e. The first-order valence-electron chi connectivity index (χ1n) is 7.29. The van der Waals surface area contributed by atoms with Gasteiger partial charge in [-0.25, -0.2) is 0 Å². The normalized spacial score (nSPS) is 22.5. The lowest BCUT2D eigenvalue weighted by atomic mass is 9.94. The zero-order valence-electron chi connectivity index (χ0n) is 13.4. The van der Waals surface area contributed by atoms with Crippen molar-refractivity contribution in [1.29, 1.82) is 0 Å². The molecule has 1 heterocycles. The molecule has 2 N–H and O–H groups in total. The van der Waals surface area contributed by atoms with E-state index < -0.39 is 0 Å². The van der Waals surface area contributed by atoms with Gasteiger partial charge in [-0.3, -0.25) is 4.90 Å². The molecule has 0 spiro atoms. The molecule has 0 aromatic heterocycles. The standard InChI is InChI=1S/C16H26N2O3/c1-18-9-11(8-17)7-13(18)16-12(10-19-2)14(20-3)5-6-15(16)21-4/h5-6,11,13H,7-10,17H2,1-4H3. The van der Waals surface area contributed by atoms with Crippen molar-refractivity contribution in [1.82, 2.24) is 4.90 Å². The van der Waals surface area contributed by atoms with Crippen molar-refractivity contribution >= 4 is 0 Å². The Bertz CT molecular complexity index is 479. The Morgan fingerprint density at radius 3 is 2.38 bits per heavy atom. The van der Waals surface area contributed by atoms with Crippen molar-refractivity contribution in [3.05, 3.63) is 23.3 Å². The van der Waals surface area contributed by atoms with Crippen molar-refractivity contribution < 1.29 is 14.2 Å². The largest absolute Gasteiger partial charge is 0.496 e. The summed E-state index contributed by atoms with van der Waals surface area (Å²) in [4.78, 5) is 2.34. The second-order valence-corrected chi connectivity index (χ2v) is 5.59. The third-order valence-electron chi connectivity index (χ3n) is 4.30. The third-order valence-corrected chi connectivity index (χ3v) is 4.30. The second kappa shape index (κ2) is 7.11. The van der Waals surface area contributed by atoms with Gasteiger partial charge >= 0.3 is 0 Å². The summed E-state index contributed by atoms with van der Waals surface area (Å²) in [7, 11) is 7.22. The van der Waals surface area contributed by atoms with Crippen LogP contribution in [0.3, 0.4) is 0 Å². The number of benzene rings is 1. The minimum Gasteiger partial charge on any atom is -0.496 e. The van der Waals surface area contributed by atoms with Crippen LogP contribution in [0, 0.1) is 5.92 Å². The van der Waals surface area contributed by atoms with Gasteiger partial charge in [-0.15, -0.1) is 0 Å². The minimum absolute atomic E-state index is 0.286. The molecule has 1 aromatic carbocycles. The highest BCUT2D eigenvalue weighted by Gasteiger charge is 2.34. The summed E-state index contributed by atoms with van der Waals surface area (Å²) in [5, 5.41) is 0. The van der Waals surface area contributed by atoms with Gasteiger partial charge in [0.1, 0.15) is 11.5 Å². The SMILES string of the molecule is COCc1c(OC)ccc(OC)c1C1CC(CN)CN1C. The molecule has 1 fully saturated rings. The fourth-order valence-electron chi connectivity index (χ4n) is 3.26. The van der Waals surface area contributed by atoms with Gasteiger partial charge < -0.3 is 19.9 Å². The summed E-state index contributed by atoms with van der Waals surface area (Å²) >= 11 is 0. The van der Waals surface area contributed by atoms with Crippen LogP contribution in [0.4, 0.5) is 0 Å². The molecule has 5 nitrogen and oxygen atoms in total. The van der Waals surface area contributed by atoms with Gasteiger partial charge in [0.05, 0.1) is 20.8 Å². The first kappa shape index (κ1) is 16.1. The molecule has 0 saturated carbocycles. The lowest BCUT2D eigenvalue weighted by Crippen LogP contribution is -2.21. The van der Waals surface area contributed by atoms with Crippen LogP contribution in [0.5, 0.6) is 11.5 Å². The van der Waals surface area contributed by atoms with Crippen molar-refractivity contribution in [3.8, 4) is 11.5 Å². The smallest absolute Gasteiger partial charge is 0.124 e. The molecule has 2 atom stereocenters. The number of nitrogens with zero attached hydrogens (tertiary/aromatic N) is 1. The van der Waals surface area contributed by atoms with Crippen LogP contribution in [-0.4, -0.2) is 46.4 Å². The Balaban J connectivity index is 2.48. The molecule has 1 aliphatic rings. The number of likely N-dealkylation sites (tertiary alicyclic amines) is 1. The molecular formula is C16H26N2O3. The zero-order valence-corrected chi connectivity index (χ0v) is 13.4. The highest BCUT2D eigenvalue weighted by molar-refractivity contribution is 5.50. The first-order chi connectivity index (χ1) is 10.2. The minimum atomic E-state index is 0.286. The molecule has 2 unspecified atom stereocenters. The number of rotatable bonds is 6. The molecule has 0 bridgehead atoms. The van der Waals surface area contributed by atoms with Gasteiger partial charge in [0.15, 0.2) is 0 Å². The predicted molar refractivity (Wildman–Crippen MR) is 82.8 cm³/mol. The van der Waals surface area contributed by atoms with E-state index in [2.05, 4.69) is 11.9 Å². The van der Waals surface area contributed by atoms with E-state index in [0.717, 1.165) is 35.6 Å². The number of nitrogens with two attached hydrogens (primary N) is 1. The number of hydrogen-bond acceptors (Lipinski definition) is 5. The summed E-state index contributed by atoms with van der Waals surface area (Å²) in [6, 6.07) is 4.19. The molecule has 21 heavy (non-hydrogen) atoms. The van der Waals surface area contributed by atoms with Crippen molar-refractivity contribution in [2.45, 2.75) is 19.1 Å². The van der Waals surface area contributed by atoms with E-state index in [0.29, 0.717) is 19.1 Å². The summed E-state index contributed by atoms with van der Waals surface area (Å²) in [6.07, 6.45) is 1.03. The molecular weight excluding hydrogens is 268 g/mol. The van der Waals surface area contributed by atoms with Gasteiger partial charge in [-0.05, 0) is 38.1 Å². The average Bonchev–Trinajstić information content (AvgIpc) is 2.87. The van der Waals surface area contributed by atoms with E-state index in [-0.39, 0.29) is 6.04 Å². The Kier molecular flexibility index (Phi) is 5.45. The van der Waals surface area contributed by atoms with Crippen LogP contribution in [0.2, 0.25) is 0 Å². The van der Waals surface area contributed by atoms with Crippen LogP contribution in [-0.2, 0) is 11.3 Å². The lowest BCUT2D eigenvalue weighted by molar-refractivity contribution is 0.178. The van der Waals surface area contributed by atoms with E-state index in [1.807, 2.05) is 12.1 Å². The monoisotopic (exact) mass is 294 g/mol. The number of hydrogen-bond donors (Lipinski definition) is 1. The van der Waals surface area contributed by atoms with Crippen LogP contribution in [0.15, 0.2) is 12.1 Å². The van der Waals surface area contributed by atoms with Crippen LogP contribution in [0.1, 0.15) is 23.6 Å². The Labute approximate surface area is 127 Å². The van der Waals surface area contributed by atoms with Crippen LogP contribution >= 0.6 is 0 Å². The maximum atomic E-state index is 5.85. The van der Waals surface area contributed by atoms with Gasteiger partial charge in [0.2, 0.25) is 0 Å². The van der Waals surface area contributed by atoms with Gasteiger partial charge in [0.25, 0.3) is 0 Å². The lowest BCUT2D eigenvalue weighted by Gasteiger charge is -2.26. The van der Waals surface area contributed by atoms with Crippen molar-refractivity contribution in [3.63, 3.8) is 0 Å². The van der Waals surface area contributed by atoms with E-state index in [1.54, 1.807) is 21.3 Å². The Hall–Kier alpha value is -1.30. The summed E-state index contributed by atoms with van der Waals surface area (Å²) in [6.45, 7) is 2.23. The predicted octanol–water partition coefficient (Wildman–Crippen LogP) is 1.80. The van der Waals surface area contributed by atoms with E-state index in [9.17, 15) is 0 Å². The molecule has 1 aliphatic heterocycles. The molecule has 0 radical (unpaired) electrons. The fraction of sp³-hybridized carbons (Fsp3) is 0.625. The summed E-state index contributed by atoms with van der Waals surface area (Å²) in [5.74, 6) is 2.25. The fourth-order valence-corrected chi connectivity index (χ4v) is 3.26. The molecule has 118 valence electrons. The van der Waals surface area contributed by atoms with Gasteiger partial charge in [-0.1, -0.05) is 0 Å². The second-order valence-electron chi connectivity index (χ2n) is 5.59. The Morgan fingerprint density at radius 1 is 1.19 bits per heavy atom. The molecule has 1 aromatic rings.